The molecule has 0 spiro atoms. The van der Waals surface area contributed by atoms with E-state index in [4.69, 9.17) is 0 Å². The van der Waals surface area contributed by atoms with Gasteiger partial charge in [0.2, 0.25) is 0 Å². The van der Waals surface area contributed by atoms with E-state index < -0.39 is 0 Å². The van der Waals surface area contributed by atoms with Gasteiger partial charge in [-0.1, -0.05) is 0 Å². The van der Waals surface area contributed by atoms with Crippen LogP contribution in [0.4, 0.5) is 0 Å². The average molecular weight is 465 g/mol. The van der Waals surface area contributed by atoms with E-state index in [0.29, 0.717) is 0 Å². The Hall–Kier alpha value is 1.08. The summed E-state index contributed by atoms with van der Waals surface area (Å²) in [5.41, 5.74) is 0. The summed E-state index contributed by atoms with van der Waals surface area (Å²) in [6.07, 6.45) is 2.53. The van der Waals surface area contributed by atoms with Crippen molar-refractivity contribution in [1.82, 2.24) is 4.90 Å². The van der Waals surface area contributed by atoms with Crippen molar-refractivity contribution < 1.29 is 38.7 Å². The number of hydrogen-bond acceptors (Lipinski definition) is 1. The minimum atomic E-state index is 1.26. The summed E-state index contributed by atoms with van der Waals surface area (Å²) < 4.78 is 3.74. The zero-order valence-electron chi connectivity index (χ0n) is 5.76. The Balaban J connectivity index is 3.58. The summed E-state index contributed by atoms with van der Waals surface area (Å²) in [6, 6.07) is 0. The Bertz CT molecular complexity index is 112. The molecule has 3 heteroatoms. The van der Waals surface area contributed by atoms with Gasteiger partial charge in [-0.2, -0.15) is 0 Å². The molecule has 0 unspecified atom stereocenters. The molecule has 0 atom stereocenters. The predicted octanol–water partition coefficient (Wildman–Crippen LogP) is 0.702. The van der Waals surface area contributed by atoms with Gasteiger partial charge in [-0.15, -0.1) is 0 Å². The van der Waals surface area contributed by atoms with Crippen LogP contribution in [0.1, 0.15) is 19.8 Å². The SMILES string of the molecule is CCC[C](=[W])N(C)[CH]=[W]. The third-order valence-electron chi connectivity index (χ3n) is 1.02. The normalized spacial score (nSPS) is 9.67. The first-order valence-electron chi connectivity index (χ1n) is 2.93. The van der Waals surface area contributed by atoms with Crippen molar-refractivity contribution in [3.8, 4) is 0 Å². The van der Waals surface area contributed by atoms with Crippen molar-refractivity contribution in [3.63, 3.8) is 0 Å². The Kier molecular flexibility index (Phi) is 6.53. The van der Waals surface area contributed by atoms with Crippen molar-refractivity contribution in [1.29, 1.82) is 0 Å². The van der Waals surface area contributed by atoms with Gasteiger partial charge in [0.15, 0.2) is 0 Å². The molecule has 0 fully saturated rings. The van der Waals surface area contributed by atoms with Gasteiger partial charge in [-0.25, -0.2) is 0 Å². The summed E-state index contributed by atoms with van der Waals surface area (Å²) in [7, 11) is 2.13. The van der Waals surface area contributed by atoms with E-state index in [-0.39, 0.29) is 0 Å². The van der Waals surface area contributed by atoms with Crippen LogP contribution in [0, 0.1) is 0 Å². The van der Waals surface area contributed by atoms with Crippen LogP contribution >= 0.6 is 0 Å². The van der Waals surface area contributed by atoms with E-state index in [2.05, 4.69) is 23.4 Å². The Morgan fingerprint density at radius 3 is 2.56 bits per heavy atom. The maximum atomic E-state index is 2.24. The van der Waals surface area contributed by atoms with Gasteiger partial charge in [0.1, 0.15) is 0 Å². The molecule has 0 amide bonds. The minimum absolute atomic E-state index is 1.26. The maximum absolute atomic E-state index is 2.24. The van der Waals surface area contributed by atoms with Gasteiger partial charge in [-0.3, -0.25) is 0 Å². The van der Waals surface area contributed by atoms with Crippen LogP contribution in [0.5, 0.6) is 0 Å². The zero-order chi connectivity index (χ0) is 7.28. The van der Waals surface area contributed by atoms with Crippen LogP contribution < -0.4 is 0 Å². The Morgan fingerprint density at radius 1 is 1.67 bits per heavy atom. The van der Waals surface area contributed by atoms with Gasteiger partial charge in [0.25, 0.3) is 0 Å². The fourth-order valence-corrected chi connectivity index (χ4v) is 2.87. The molecule has 0 aromatic carbocycles. The van der Waals surface area contributed by atoms with Crippen molar-refractivity contribution in [2.45, 2.75) is 19.8 Å². The van der Waals surface area contributed by atoms with E-state index in [1.165, 1.54) is 32.2 Å². The van der Waals surface area contributed by atoms with E-state index >= 15 is 0 Å². The summed E-state index contributed by atoms with van der Waals surface area (Å²) >= 11 is 3.13. The fourth-order valence-electron chi connectivity index (χ4n) is 0.449. The molecule has 1 nitrogen and oxygen atoms in total. The van der Waals surface area contributed by atoms with Crippen LogP contribution in [0.15, 0.2) is 0 Å². The predicted molar refractivity (Wildman–Crippen MR) is 33.7 cm³/mol. The van der Waals surface area contributed by atoms with Gasteiger partial charge in [-0.05, 0) is 0 Å². The molecule has 9 heavy (non-hydrogen) atoms. The molecule has 0 aromatic rings. The van der Waals surface area contributed by atoms with Crippen molar-refractivity contribution in [3.05, 3.63) is 0 Å². The third kappa shape index (κ3) is 4.48. The Labute approximate surface area is 78.6 Å². The van der Waals surface area contributed by atoms with Crippen LogP contribution in [0.25, 0.3) is 0 Å². The molecule has 0 aromatic heterocycles. The van der Waals surface area contributed by atoms with Crippen molar-refractivity contribution in [2.75, 3.05) is 7.05 Å². The first kappa shape index (κ1) is 10.1. The standard InChI is InChI=1S/C6H11N.2W/c1-4-5-6-7(2)3;;/h2H,4-5H2,1,3H3;;. The molecule has 0 heterocycles. The fraction of sp³-hybridized carbons (Fsp3) is 0.667. The molecule has 0 radical (unpaired) electrons. The summed E-state index contributed by atoms with van der Waals surface area (Å²) in [6.45, 7) is 2.22. The second-order valence-corrected chi connectivity index (χ2v) is 4.31. The molecule has 0 saturated carbocycles. The second kappa shape index (κ2) is 5.83. The topological polar surface area (TPSA) is 3.24 Å². The van der Waals surface area contributed by atoms with Gasteiger partial charge < -0.3 is 0 Å². The molecular weight excluding hydrogens is 454 g/mol. The molecule has 0 aliphatic heterocycles. The molecule has 0 N–H and O–H groups in total. The van der Waals surface area contributed by atoms with Gasteiger partial charge in [0.05, 0.1) is 0 Å². The first-order valence-corrected chi connectivity index (χ1v) is 6.09. The molecule has 52 valence electrons. The Morgan fingerprint density at radius 2 is 2.22 bits per heavy atom. The van der Waals surface area contributed by atoms with Crippen LogP contribution in [-0.4, -0.2) is 20.5 Å². The monoisotopic (exact) mass is 465 g/mol. The average Bonchev–Trinajstić information content (AvgIpc) is 1.87. The van der Waals surface area contributed by atoms with Gasteiger partial charge >= 0.3 is 79.0 Å². The van der Waals surface area contributed by atoms with Crippen LogP contribution in [0.3, 0.4) is 0 Å². The molecule has 0 saturated heterocycles. The summed E-state index contributed by atoms with van der Waals surface area (Å²) in [4.78, 5) is 2.24. The second-order valence-electron chi connectivity index (χ2n) is 1.86. The van der Waals surface area contributed by atoms with Crippen LogP contribution in [-0.2, 0) is 38.7 Å². The summed E-state index contributed by atoms with van der Waals surface area (Å²) in [5, 5.41) is 0. The zero-order valence-corrected chi connectivity index (χ0v) is 11.6. The third-order valence-corrected chi connectivity index (χ3v) is 3.92. The van der Waals surface area contributed by atoms with E-state index in [1.54, 1.807) is 23.4 Å². The van der Waals surface area contributed by atoms with Gasteiger partial charge in [0, 0.05) is 0 Å². The van der Waals surface area contributed by atoms with E-state index in [9.17, 15) is 0 Å². The number of nitrogens with zero attached hydrogens (tertiary/aromatic N) is 1. The van der Waals surface area contributed by atoms with E-state index in [1.807, 2.05) is 0 Å². The quantitative estimate of drug-likeness (QED) is 0.592. The van der Waals surface area contributed by atoms with Crippen molar-refractivity contribution >= 4 is 8.55 Å². The first-order chi connectivity index (χ1) is 4.22. The molecule has 0 rings (SSSR count). The molecule has 0 aliphatic rings. The molecule has 0 aliphatic carbocycles. The van der Waals surface area contributed by atoms with Crippen LogP contribution in [0.2, 0.25) is 0 Å². The number of hydrogen-bond donors (Lipinski definition) is 0. The molecular formula is C6H11NW2. The number of rotatable bonds is 4. The summed E-state index contributed by atoms with van der Waals surface area (Å²) in [5.74, 6) is 0. The van der Waals surface area contributed by atoms with E-state index in [0.717, 1.165) is 0 Å². The van der Waals surface area contributed by atoms with Crippen molar-refractivity contribution in [2.24, 2.45) is 0 Å². The molecule has 0 bridgehead atoms.